The second-order valence-electron chi connectivity index (χ2n) is 6.16. The summed E-state index contributed by atoms with van der Waals surface area (Å²) in [6.07, 6.45) is -2.53. The molecule has 138 valence electrons. The van der Waals surface area contributed by atoms with Crippen LogP contribution in [0, 0.1) is 12.8 Å². The number of nitrogens with zero attached hydrogens (tertiary/aromatic N) is 3. The Balaban J connectivity index is 2.67. The van der Waals surface area contributed by atoms with Gasteiger partial charge in [0.05, 0.1) is 10.6 Å². The van der Waals surface area contributed by atoms with Crippen LogP contribution in [0.1, 0.15) is 36.8 Å². The second kappa shape index (κ2) is 6.41. The molecule has 10 heteroatoms. The van der Waals surface area contributed by atoms with E-state index in [1.165, 1.54) is 19.1 Å². The summed E-state index contributed by atoms with van der Waals surface area (Å²) in [6.45, 7) is 4.89. The fourth-order valence-electron chi connectivity index (χ4n) is 2.38. The standard InChI is InChI=1S/C15H19F3N4O2S/c1-8(2)12(19)13-9(3)14(15(16,17)18)21-22(13)11-6-5-10(7-20-11)25(4,23)24/h5-8,12H,19H2,1-4H3. The van der Waals surface area contributed by atoms with E-state index < -0.39 is 27.7 Å². The Kier molecular flexibility index (Phi) is 4.97. The lowest BCUT2D eigenvalue weighted by Crippen LogP contribution is -2.22. The predicted octanol–water partition coefficient (Wildman–Crippen LogP) is 2.65. The van der Waals surface area contributed by atoms with Gasteiger partial charge in [-0.25, -0.2) is 18.1 Å². The molecular formula is C15H19F3N4O2S. The summed E-state index contributed by atoms with van der Waals surface area (Å²) in [6, 6.07) is 1.88. The first-order valence-electron chi connectivity index (χ1n) is 7.42. The number of aromatic nitrogens is 3. The molecule has 0 aliphatic rings. The molecule has 1 unspecified atom stereocenters. The topological polar surface area (TPSA) is 90.9 Å². The van der Waals surface area contributed by atoms with Crippen molar-refractivity contribution in [3.8, 4) is 5.82 Å². The highest BCUT2D eigenvalue weighted by molar-refractivity contribution is 7.90. The number of halogens is 3. The van der Waals surface area contributed by atoms with Crippen molar-refractivity contribution in [2.75, 3.05) is 6.26 Å². The first kappa shape index (κ1) is 19.4. The molecule has 0 saturated heterocycles. The monoisotopic (exact) mass is 376 g/mol. The molecule has 2 aromatic heterocycles. The Morgan fingerprint density at radius 3 is 2.24 bits per heavy atom. The first-order chi connectivity index (χ1) is 11.3. The highest BCUT2D eigenvalue weighted by Gasteiger charge is 2.39. The molecule has 2 N–H and O–H groups in total. The molecule has 0 fully saturated rings. The van der Waals surface area contributed by atoms with Crippen LogP contribution >= 0.6 is 0 Å². The minimum atomic E-state index is -4.63. The molecule has 2 heterocycles. The molecule has 25 heavy (non-hydrogen) atoms. The lowest BCUT2D eigenvalue weighted by Gasteiger charge is -2.18. The number of alkyl halides is 3. The van der Waals surface area contributed by atoms with Crippen LogP contribution in [-0.4, -0.2) is 29.4 Å². The molecular weight excluding hydrogens is 357 g/mol. The van der Waals surface area contributed by atoms with Crippen LogP contribution in [-0.2, 0) is 16.0 Å². The number of hydrogen-bond donors (Lipinski definition) is 1. The van der Waals surface area contributed by atoms with Crippen LogP contribution in [0.15, 0.2) is 23.2 Å². The largest absolute Gasteiger partial charge is 0.435 e. The number of sulfone groups is 1. The zero-order valence-electron chi connectivity index (χ0n) is 14.2. The number of rotatable bonds is 4. The summed E-state index contributed by atoms with van der Waals surface area (Å²) in [5, 5.41) is 3.65. The quantitative estimate of drug-likeness (QED) is 0.886. The molecule has 0 amide bonds. The smallest absolute Gasteiger partial charge is 0.322 e. The van der Waals surface area contributed by atoms with Crippen LogP contribution in [0.4, 0.5) is 13.2 Å². The zero-order chi connectivity index (χ0) is 19.2. The van der Waals surface area contributed by atoms with Crippen LogP contribution in [0.3, 0.4) is 0 Å². The van der Waals surface area contributed by atoms with Gasteiger partial charge in [-0.3, -0.25) is 0 Å². The maximum atomic E-state index is 13.2. The molecule has 2 aromatic rings. The van der Waals surface area contributed by atoms with Crippen LogP contribution < -0.4 is 5.73 Å². The maximum Gasteiger partial charge on any atom is 0.435 e. The molecule has 0 saturated carbocycles. The van der Waals surface area contributed by atoms with E-state index in [0.717, 1.165) is 17.1 Å². The Bertz CT molecular complexity index is 871. The highest BCUT2D eigenvalue weighted by atomic mass is 32.2. The van der Waals surface area contributed by atoms with Crippen LogP contribution in [0.5, 0.6) is 0 Å². The van der Waals surface area contributed by atoms with E-state index in [2.05, 4.69) is 10.1 Å². The Morgan fingerprint density at radius 2 is 1.84 bits per heavy atom. The Hall–Kier alpha value is -1.94. The summed E-state index contributed by atoms with van der Waals surface area (Å²) in [5.41, 5.74) is 5.18. The molecule has 0 aliphatic heterocycles. The van der Waals surface area contributed by atoms with Gasteiger partial charge < -0.3 is 5.73 Å². The summed E-state index contributed by atoms with van der Waals surface area (Å²) in [5.74, 6) is -0.0670. The van der Waals surface area contributed by atoms with Gasteiger partial charge in [-0.15, -0.1) is 0 Å². The number of hydrogen-bond acceptors (Lipinski definition) is 5. The van der Waals surface area contributed by atoms with Gasteiger partial charge in [0.2, 0.25) is 0 Å². The molecule has 0 bridgehead atoms. The minimum Gasteiger partial charge on any atom is -0.322 e. The van der Waals surface area contributed by atoms with Gasteiger partial charge in [-0.1, -0.05) is 13.8 Å². The first-order valence-corrected chi connectivity index (χ1v) is 9.32. The summed E-state index contributed by atoms with van der Waals surface area (Å²) < 4.78 is 63.7. The van der Waals surface area contributed by atoms with Gasteiger partial charge in [0, 0.05) is 24.1 Å². The van der Waals surface area contributed by atoms with Gasteiger partial charge in [-0.05, 0) is 25.0 Å². The lowest BCUT2D eigenvalue weighted by molar-refractivity contribution is -0.141. The van der Waals surface area contributed by atoms with Crippen molar-refractivity contribution in [3.63, 3.8) is 0 Å². The summed E-state index contributed by atoms with van der Waals surface area (Å²) in [7, 11) is -3.46. The van der Waals surface area contributed by atoms with E-state index in [4.69, 9.17) is 5.73 Å². The van der Waals surface area contributed by atoms with Crippen molar-refractivity contribution < 1.29 is 21.6 Å². The lowest BCUT2D eigenvalue weighted by atomic mass is 9.98. The number of nitrogens with two attached hydrogens (primary N) is 1. The van der Waals surface area contributed by atoms with Gasteiger partial charge in [0.25, 0.3) is 0 Å². The molecule has 2 rings (SSSR count). The predicted molar refractivity (Wildman–Crippen MR) is 86.0 cm³/mol. The number of pyridine rings is 1. The molecule has 0 aromatic carbocycles. The Morgan fingerprint density at radius 1 is 1.24 bits per heavy atom. The average Bonchev–Trinajstić information content (AvgIpc) is 2.83. The third-order valence-electron chi connectivity index (χ3n) is 3.84. The van der Waals surface area contributed by atoms with Gasteiger partial charge in [-0.2, -0.15) is 18.3 Å². The average molecular weight is 376 g/mol. The third kappa shape index (κ3) is 3.84. The Labute approximate surface area is 143 Å². The van der Waals surface area contributed by atoms with E-state index in [1.807, 2.05) is 0 Å². The minimum absolute atomic E-state index is 0.0362. The molecule has 6 nitrogen and oxygen atoms in total. The van der Waals surface area contributed by atoms with E-state index in [1.54, 1.807) is 13.8 Å². The zero-order valence-corrected chi connectivity index (χ0v) is 15.0. The third-order valence-corrected chi connectivity index (χ3v) is 4.93. The van der Waals surface area contributed by atoms with Crippen molar-refractivity contribution in [1.29, 1.82) is 0 Å². The van der Waals surface area contributed by atoms with Gasteiger partial charge in [0.1, 0.15) is 0 Å². The van der Waals surface area contributed by atoms with Crippen molar-refractivity contribution in [1.82, 2.24) is 14.8 Å². The molecule has 0 radical (unpaired) electrons. The van der Waals surface area contributed by atoms with Gasteiger partial charge in [0.15, 0.2) is 21.3 Å². The molecule has 0 spiro atoms. The second-order valence-corrected chi connectivity index (χ2v) is 8.18. The SMILES string of the molecule is Cc1c(C(F)(F)F)nn(-c2ccc(S(C)(=O)=O)cn2)c1C(N)C(C)C. The molecule has 1 atom stereocenters. The molecule has 0 aliphatic carbocycles. The fraction of sp³-hybridized carbons (Fsp3) is 0.467. The van der Waals surface area contributed by atoms with E-state index >= 15 is 0 Å². The summed E-state index contributed by atoms with van der Waals surface area (Å²) >= 11 is 0. The van der Waals surface area contributed by atoms with Crippen LogP contribution in [0.25, 0.3) is 5.82 Å². The van der Waals surface area contributed by atoms with E-state index in [-0.39, 0.29) is 27.9 Å². The van der Waals surface area contributed by atoms with Crippen molar-refractivity contribution in [2.24, 2.45) is 11.7 Å². The van der Waals surface area contributed by atoms with E-state index in [0.29, 0.717) is 0 Å². The van der Waals surface area contributed by atoms with E-state index in [9.17, 15) is 21.6 Å². The highest BCUT2D eigenvalue weighted by Crippen LogP contribution is 2.35. The van der Waals surface area contributed by atoms with Crippen LogP contribution in [0.2, 0.25) is 0 Å². The maximum absolute atomic E-state index is 13.2. The normalized spacial score (nSPS) is 14.1. The fourth-order valence-corrected chi connectivity index (χ4v) is 2.94. The van der Waals surface area contributed by atoms with Gasteiger partial charge >= 0.3 is 6.18 Å². The summed E-state index contributed by atoms with van der Waals surface area (Å²) in [4.78, 5) is 3.92. The van der Waals surface area contributed by atoms with Crippen molar-refractivity contribution >= 4 is 9.84 Å². The van der Waals surface area contributed by atoms with Crippen molar-refractivity contribution in [2.45, 2.75) is 37.9 Å². The van der Waals surface area contributed by atoms with Crippen molar-refractivity contribution in [3.05, 3.63) is 35.3 Å².